The zero-order valence-electron chi connectivity index (χ0n) is 30.8. The van der Waals surface area contributed by atoms with E-state index in [0.29, 0.717) is 0 Å². The fourth-order valence-corrected chi connectivity index (χ4v) is 7.78. The maximum Gasteiger partial charge on any atom is 0.139 e. The molecule has 0 saturated heterocycles. The second kappa shape index (κ2) is 13.7. The van der Waals surface area contributed by atoms with E-state index in [1.807, 2.05) is 6.07 Å². The molecule has 0 bridgehead atoms. The second-order valence-electron chi connectivity index (χ2n) is 15.0. The lowest BCUT2D eigenvalue weighted by Crippen LogP contribution is -2.12. The zero-order valence-corrected chi connectivity index (χ0v) is 30.8. The lowest BCUT2D eigenvalue weighted by Gasteiger charge is -2.27. The summed E-state index contributed by atoms with van der Waals surface area (Å²) in [5, 5.41) is 3.66. The Morgan fingerprint density at radius 3 is 1.56 bits per heavy atom. The molecule has 0 aliphatic heterocycles. The number of fused-ring (bicyclic) bond motifs is 2. The van der Waals surface area contributed by atoms with Gasteiger partial charge in [-0.05, 0) is 92.0 Å². The molecule has 0 aliphatic rings. The minimum absolute atomic E-state index is 0.107. The average molecular weight is 696 g/mol. The molecule has 1 heterocycles. The van der Waals surface area contributed by atoms with Gasteiger partial charge in [0.25, 0.3) is 0 Å². The highest BCUT2D eigenvalue weighted by Crippen LogP contribution is 2.44. The average Bonchev–Trinajstić information content (AvgIpc) is 3.63. The van der Waals surface area contributed by atoms with Crippen molar-refractivity contribution in [1.29, 1.82) is 0 Å². The van der Waals surface area contributed by atoms with Gasteiger partial charge < -0.3 is 9.32 Å². The molecule has 0 radical (unpaired) electrons. The fourth-order valence-electron chi connectivity index (χ4n) is 7.78. The van der Waals surface area contributed by atoms with Gasteiger partial charge in [0, 0.05) is 33.6 Å². The van der Waals surface area contributed by atoms with Gasteiger partial charge in [-0.25, -0.2) is 0 Å². The molecular weight excluding hydrogens is 655 g/mol. The molecule has 54 heavy (non-hydrogen) atoms. The molecule has 2 heteroatoms. The summed E-state index contributed by atoms with van der Waals surface area (Å²) in [5.74, 6) is 0.922. The number of anilines is 3. The Labute approximate surface area is 317 Å². The maximum absolute atomic E-state index is 6.64. The molecule has 8 aromatic carbocycles. The van der Waals surface area contributed by atoms with Gasteiger partial charge in [-0.15, -0.1) is 0 Å². The number of hydrogen-bond acceptors (Lipinski definition) is 2. The molecule has 2 nitrogen and oxygen atoms in total. The van der Waals surface area contributed by atoms with E-state index in [0.717, 1.165) is 34.0 Å². The summed E-state index contributed by atoms with van der Waals surface area (Å²) in [4.78, 5) is 2.35. The lowest BCUT2D eigenvalue weighted by molar-refractivity contribution is 0.568. The molecule has 0 fully saturated rings. The molecule has 9 rings (SSSR count). The summed E-state index contributed by atoms with van der Waals surface area (Å²) < 4.78 is 6.64. The molecule has 0 atom stereocenters. The monoisotopic (exact) mass is 695 g/mol. The minimum Gasteiger partial charge on any atom is -0.456 e. The van der Waals surface area contributed by atoms with Gasteiger partial charge in [-0.2, -0.15) is 0 Å². The number of para-hydroxylation sites is 1. The first-order chi connectivity index (χ1) is 26.4. The van der Waals surface area contributed by atoms with Crippen LogP contribution in [0.15, 0.2) is 199 Å². The summed E-state index contributed by atoms with van der Waals surface area (Å²) in [6, 6.07) is 69.5. The van der Waals surface area contributed by atoms with Crippen LogP contribution in [0.4, 0.5) is 17.1 Å². The standard InChI is InChI=1S/C52H41NO/c1-52(2,3)50-48-20-9-10-22-49(48)54-51(50)42-17-11-18-45(35-42)53(44-33-29-41(30-34-44)47-21-12-16-40-15-7-8-19-46(40)47)43-31-27-39(28-32-43)38-25-23-37(24-26-38)36-13-5-4-6-14-36/h4-35H,1-3H3. The van der Waals surface area contributed by atoms with Crippen LogP contribution in [-0.2, 0) is 5.41 Å². The van der Waals surface area contributed by atoms with Gasteiger partial charge >= 0.3 is 0 Å². The molecular formula is C52H41NO. The van der Waals surface area contributed by atoms with E-state index in [1.54, 1.807) is 0 Å². The minimum atomic E-state index is -0.107. The first kappa shape index (κ1) is 33.2. The van der Waals surface area contributed by atoms with Crippen molar-refractivity contribution in [2.24, 2.45) is 0 Å². The van der Waals surface area contributed by atoms with E-state index in [2.05, 4.69) is 214 Å². The fraction of sp³-hybridized carbons (Fsp3) is 0.0769. The van der Waals surface area contributed by atoms with E-state index in [9.17, 15) is 0 Å². The van der Waals surface area contributed by atoms with Crippen molar-refractivity contribution in [3.63, 3.8) is 0 Å². The van der Waals surface area contributed by atoms with Crippen molar-refractivity contribution in [3.05, 3.63) is 200 Å². The highest BCUT2D eigenvalue weighted by molar-refractivity contribution is 5.97. The van der Waals surface area contributed by atoms with Crippen LogP contribution in [0.5, 0.6) is 0 Å². The van der Waals surface area contributed by atoms with Gasteiger partial charge in [0.1, 0.15) is 11.3 Å². The van der Waals surface area contributed by atoms with E-state index in [4.69, 9.17) is 4.42 Å². The molecule has 0 saturated carbocycles. The normalized spacial score (nSPS) is 11.6. The SMILES string of the molecule is CC(C)(C)c1c(-c2cccc(N(c3ccc(-c4ccc(-c5ccccc5)cc4)cc3)c3ccc(-c4cccc5ccccc45)cc3)c2)oc2ccccc12. The molecule has 0 aliphatic carbocycles. The van der Waals surface area contributed by atoms with Crippen molar-refractivity contribution in [2.45, 2.75) is 26.2 Å². The van der Waals surface area contributed by atoms with E-state index < -0.39 is 0 Å². The first-order valence-electron chi connectivity index (χ1n) is 18.7. The van der Waals surface area contributed by atoms with Crippen molar-refractivity contribution in [1.82, 2.24) is 0 Å². The van der Waals surface area contributed by atoms with E-state index in [-0.39, 0.29) is 5.41 Å². The first-order valence-corrected chi connectivity index (χ1v) is 18.7. The quantitative estimate of drug-likeness (QED) is 0.165. The van der Waals surface area contributed by atoms with Crippen molar-refractivity contribution >= 4 is 38.8 Å². The molecule has 1 aromatic heterocycles. The van der Waals surface area contributed by atoms with Crippen LogP contribution in [0.3, 0.4) is 0 Å². The van der Waals surface area contributed by atoms with Crippen LogP contribution in [0, 0.1) is 0 Å². The predicted octanol–water partition coefficient (Wildman–Crippen LogP) is 15.0. The Balaban J connectivity index is 1.13. The Morgan fingerprint density at radius 2 is 0.889 bits per heavy atom. The second-order valence-corrected chi connectivity index (χ2v) is 15.0. The van der Waals surface area contributed by atoms with Crippen LogP contribution in [0.2, 0.25) is 0 Å². The molecule has 0 amide bonds. The third kappa shape index (κ3) is 6.27. The molecule has 9 aromatic rings. The molecule has 0 unspecified atom stereocenters. The Bertz CT molecular complexity index is 2710. The van der Waals surface area contributed by atoms with E-state index >= 15 is 0 Å². The number of nitrogens with zero attached hydrogens (tertiary/aromatic N) is 1. The zero-order chi connectivity index (χ0) is 36.6. The van der Waals surface area contributed by atoms with Crippen molar-refractivity contribution in [2.75, 3.05) is 4.90 Å². The van der Waals surface area contributed by atoms with E-state index in [1.165, 1.54) is 55.1 Å². The van der Waals surface area contributed by atoms with Gasteiger partial charge in [0.2, 0.25) is 0 Å². The number of benzene rings is 8. The Morgan fingerprint density at radius 1 is 0.389 bits per heavy atom. The van der Waals surface area contributed by atoms with Crippen molar-refractivity contribution in [3.8, 4) is 44.7 Å². The predicted molar refractivity (Wildman–Crippen MR) is 229 cm³/mol. The number of furan rings is 1. The van der Waals surface area contributed by atoms with Gasteiger partial charge in [0.15, 0.2) is 0 Å². The van der Waals surface area contributed by atoms with Gasteiger partial charge in [-0.1, -0.05) is 172 Å². The molecule has 0 N–H and O–H groups in total. The smallest absolute Gasteiger partial charge is 0.139 e. The lowest BCUT2D eigenvalue weighted by atomic mass is 9.83. The van der Waals surface area contributed by atoms with Crippen LogP contribution >= 0.6 is 0 Å². The van der Waals surface area contributed by atoms with Crippen LogP contribution in [-0.4, -0.2) is 0 Å². The topological polar surface area (TPSA) is 16.4 Å². The number of rotatable bonds is 7. The molecule has 260 valence electrons. The summed E-state index contributed by atoms with van der Waals surface area (Å²) in [5.41, 5.74) is 13.5. The van der Waals surface area contributed by atoms with Gasteiger partial charge in [-0.3, -0.25) is 0 Å². The molecule has 0 spiro atoms. The third-order valence-electron chi connectivity index (χ3n) is 10.4. The third-order valence-corrected chi connectivity index (χ3v) is 10.4. The summed E-state index contributed by atoms with van der Waals surface area (Å²) in [7, 11) is 0. The highest BCUT2D eigenvalue weighted by atomic mass is 16.3. The number of hydrogen-bond donors (Lipinski definition) is 0. The van der Waals surface area contributed by atoms with Crippen LogP contribution < -0.4 is 4.90 Å². The Hall–Kier alpha value is -6.64. The summed E-state index contributed by atoms with van der Waals surface area (Å²) in [6.45, 7) is 6.79. The Kier molecular flexibility index (Phi) is 8.44. The van der Waals surface area contributed by atoms with Crippen LogP contribution in [0.1, 0.15) is 26.3 Å². The maximum atomic E-state index is 6.64. The highest BCUT2D eigenvalue weighted by Gasteiger charge is 2.26. The largest absolute Gasteiger partial charge is 0.456 e. The van der Waals surface area contributed by atoms with Crippen LogP contribution in [0.25, 0.3) is 66.4 Å². The summed E-state index contributed by atoms with van der Waals surface area (Å²) >= 11 is 0. The van der Waals surface area contributed by atoms with Crippen molar-refractivity contribution < 1.29 is 4.42 Å². The summed E-state index contributed by atoms with van der Waals surface area (Å²) in [6.07, 6.45) is 0. The van der Waals surface area contributed by atoms with Gasteiger partial charge in [0.05, 0.1) is 0 Å².